The largest absolute Gasteiger partial charge is 0.238 e. The van der Waals surface area contributed by atoms with Crippen LogP contribution in [0.2, 0.25) is 0 Å². The van der Waals surface area contributed by atoms with E-state index in [0.29, 0.717) is 17.8 Å². The molecular formula is C32H36N4. The van der Waals surface area contributed by atoms with E-state index in [-0.39, 0.29) is 0 Å². The van der Waals surface area contributed by atoms with Crippen LogP contribution < -0.4 is 0 Å². The van der Waals surface area contributed by atoms with Crippen molar-refractivity contribution in [3.8, 4) is 18.2 Å². The van der Waals surface area contributed by atoms with Gasteiger partial charge in [-0.3, -0.25) is 0 Å². The van der Waals surface area contributed by atoms with Crippen LogP contribution in [0.4, 0.5) is 5.69 Å². The summed E-state index contributed by atoms with van der Waals surface area (Å²) in [6, 6.07) is 29.2. The summed E-state index contributed by atoms with van der Waals surface area (Å²) in [6.07, 6.45) is 0. The van der Waals surface area contributed by atoms with Crippen molar-refractivity contribution < 1.29 is 0 Å². The second-order valence-corrected chi connectivity index (χ2v) is 8.83. The van der Waals surface area contributed by atoms with E-state index in [9.17, 15) is 0 Å². The lowest BCUT2D eigenvalue weighted by atomic mass is 10.0. The lowest BCUT2D eigenvalue weighted by Gasteiger charge is -2.05. The number of para-hydroxylation sites is 1. The van der Waals surface area contributed by atoms with E-state index >= 15 is 0 Å². The normalized spacial score (nSPS) is 9.06. The fraction of sp³-hybridized carbons (Fsp3) is 0.312. The van der Waals surface area contributed by atoms with E-state index in [1.807, 2.05) is 72.8 Å². The molecule has 0 spiro atoms. The Kier molecular flexibility index (Phi) is 15.8. The quantitative estimate of drug-likeness (QED) is 0.353. The molecule has 184 valence electrons. The van der Waals surface area contributed by atoms with Crippen LogP contribution in [0.1, 0.15) is 94.0 Å². The number of nitrogens with zero attached hydrogens (tertiary/aromatic N) is 4. The number of benzene rings is 3. The zero-order chi connectivity index (χ0) is 27.5. The monoisotopic (exact) mass is 476 g/mol. The Morgan fingerprint density at radius 3 is 1.58 bits per heavy atom. The molecule has 36 heavy (non-hydrogen) atoms. The second-order valence-electron chi connectivity index (χ2n) is 8.83. The Balaban J connectivity index is 0.000000483. The summed E-state index contributed by atoms with van der Waals surface area (Å²) in [5, 5.41) is 24.4. The molecule has 0 radical (unpaired) electrons. The SMILES string of the molecule is CC#N.CC(C)c1ccc(C#N)cc1.CC(C)c1cccc(C#N)c1.[C-]#[N+]c1ccccc1C(C)C. The third kappa shape index (κ3) is 12.2. The first-order valence-electron chi connectivity index (χ1n) is 11.9. The van der Waals surface area contributed by atoms with Gasteiger partial charge in [0.15, 0.2) is 5.69 Å². The highest BCUT2D eigenvalue weighted by Crippen LogP contribution is 2.25. The summed E-state index contributed by atoms with van der Waals surface area (Å²) in [4.78, 5) is 3.44. The van der Waals surface area contributed by atoms with Crippen LogP contribution in [0.5, 0.6) is 0 Å². The Morgan fingerprint density at radius 1 is 0.639 bits per heavy atom. The molecule has 4 heteroatoms. The minimum absolute atomic E-state index is 0.445. The molecular weight excluding hydrogens is 440 g/mol. The summed E-state index contributed by atoms with van der Waals surface area (Å²) < 4.78 is 0. The highest BCUT2D eigenvalue weighted by molar-refractivity contribution is 5.53. The highest BCUT2D eigenvalue weighted by atomic mass is 14.6. The Morgan fingerprint density at radius 2 is 1.17 bits per heavy atom. The summed E-state index contributed by atoms with van der Waals surface area (Å²) in [7, 11) is 0. The Hall–Kier alpha value is -4.38. The smallest absolute Gasteiger partial charge is 0.190 e. The van der Waals surface area contributed by atoms with Crippen LogP contribution >= 0.6 is 0 Å². The maximum Gasteiger partial charge on any atom is 0.190 e. The van der Waals surface area contributed by atoms with Crippen LogP contribution in [0.25, 0.3) is 4.85 Å². The van der Waals surface area contributed by atoms with Gasteiger partial charge in [-0.1, -0.05) is 90.1 Å². The van der Waals surface area contributed by atoms with Crippen LogP contribution in [-0.2, 0) is 0 Å². The van der Waals surface area contributed by atoms with Crippen LogP contribution in [-0.4, -0.2) is 0 Å². The first-order valence-corrected chi connectivity index (χ1v) is 11.9. The highest BCUT2D eigenvalue weighted by Gasteiger charge is 2.03. The summed E-state index contributed by atoms with van der Waals surface area (Å²) in [5.74, 6) is 1.49. The van der Waals surface area contributed by atoms with Gasteiger partial charge in [0.05, 0.1) is 35.9 Å². The molecule has 0 atom stereocenters. The lowest BCUT2D eigenvalue weighted by Crippen LogP contribution is -1.86. The van der Waals surface area contributed by atoms with Crippen LogP contribution in [0.3, 0.4) is 0 Å². The fourth-order valence-corrected chi connectivity index (χ4v) is 2.99. The van der Waals surface area contributed by atoms with Crippen molar-refractivity contribution in [2.24, 2.45) is 0 Å². The number of hydrogen-bond acceptors (Lipinski definition) is 3. The molecule has 0 aliphatic carbocycles. The van der Waals surface area contributed by atoms with Crippen LogP contribution in [0, 0.1) is 40.6 Å². The predicted octanol–water partition coefficient (Wildman–Crippen LogP) is 9.25. The zero-order valence-corrected chi connectivity index (χ0v) is 22.4. The fourth-order valence-electron chi connectivity index (χ4n) is 2.99. The van der Waals surface area contributed by atoms with Gasteiger partial charge < -0.3 is 0 Å². The van der Waals surface area contributed by atoms with Gasteiger partial charge in [-0.05, 0) is 58.7 Å². The maximum absolute atomic E-state index is 8.59. The molecule has 3 aromatic carbocycles. The molecule has 3 aromatic rings. The molecule has 0 heterocycles. The van der Waals surface area contributed by atoms with Crippen molar-refractivity contribution in [1.82, 2.24) is 0 Å². The standard InChI is InChI=1S/3C10H11N.C2H3N/c1-8(2)9-6-4-5-7-10(9)11-3;1-8(2)10-5-3-9(7-11)4-6-10;1-8(2)10-5-3-4-9(6-10)7-11;1-2-3/h4-8H,1-2H3;2*3-6,8H,1-2H3;1H3. The Labute approximate surface area is 217 Å². The topological polar surface area (TPSA) is 75.7 Å². The van der Waals surface area contributed by atoms with Gasteiger partial charge in [-0.15, -0.1) is 0 Å². The van der Waals surface area contributed by atoms with Gasteiger partial charge in [-0.2, -0.15) is 15.8 Å². The molecule has 0 aliphatic rings. The zero-order valence-electron chi connectivity index (χ0n) is 22.4. The predicted molar refractivity (Wildman–Crippen MR) is 149 cm³/mol. The molecule has 0 saturated heterocycles. The molecule has 0 N–H and O–H groups in total. The maximum atomic E-state index is 8.59. The van der Waals surface area contributed by atoms with E-state index in [1.54, 1.807) is 6.07 Å². The summed E-state index contributed by atoms with van der Waals surface area (Å²) >= 11 is 0. The number of rotatable bonds is 3. The summed E-state index contributed by atoms with van der Waals surface area (Å²) in [6.45, 7) is 21.1. The minimum Gasteiger partial charge on any atom is -0.238 e. The molecule has 0 fully saturated rings. The van der Waals surface area contributed by atoms with Crippen molar-refractivity contribution in [3.05, 3.63) is 112 Å². The third-order valence-electron chi connectivity index (χ3n) is 5.07. The van der Waals surface area contributed by atoms with Crippen molar-refractivity contribution in [2.75, 3.05) is 0 Å². The van der Waals surface area contributed by atoms with Gasteiger partial charge in [0.25, 0.3) is 0 Å². The van der Waals surface area contributed by atoms with E-state index in [2.05, 4.69) is 58.5 Å². The van der Waals surface area contributed by atoms with E-state index < -0.39 is 0 Å². The van der Waals surface area contributed by atoms with E-state index in [0.717, 1.165) is 22.4 Å². The van der Waals surface area contributed by atoms with Gasteiger partial charge >= 0.3 is 0 Å². The van der Waals surface area contributed by atoms with Crippen molar-refractivity contribution in [3.63, 3.8) is 0 Å². The first-order chi connectivity index (χ1) is 17.1. The van der Waals surface area contributed by atoms with E-state index in [1.165, 1.54) is 18.1 Å². The van der Waals surface area contributed by atoms with Gasteiger partial charge in [0.2, 0.25) is 0 Å². The van der Waals surface area contributed by atoms with Gasteiger partial charge in [0.1, 0.15) is 0 Å². The Bertz CT molecular complexity index is 1210. The minimum atomic E-state index is 0.445. The average Bonchev–Trinajstić information content (AvgIpc) is 2.89. The van der Waals surface area contributed by atoms with Crippen molar-refractivity contribution >= 4 is 5.69 Å². The molecule has 0 saturated carbocycles. The van der Waals surface area contributed by atoms with Gasteiger partial charge in [0, 0.05) is 6.92 Å². The van der Waals surface area contributed by atoms with Gasteiger partial charge in [-0.25, -0.2) is 4.85 Å². The number of hydrogen-bond donors (Lipinski definition) is 0. The average molecular weight is 477 g/mol. The molecule has 3 rings (SSSR count). The molecule has 0 aliphatic heterocycles. The van der Waals surface area contributed by atoms with Crippen molar-refractivity contribution in [2.45, 2.75) is 66.2 Å². The van der Waals surface area contributed by atoms with Crippen molar-refractivity contribution in [1.29, 1.82) is 15.8 Å². The third-order valence-corrected chi connectivity index (χ3v) is 5.07. The first kappa shape index (κ1) is 31.6. The molecule has 0 aromatic heterocycles. The second kappa shape index (κ2) is 18.0. The molecule has 0 unspecified atom stereocenters. The lowest BCUT2D eigenvalue weighted by molar-refractivity contribution is 0.866. The number of nitriles is 3. The molecule has 0 amide bonds. The molecule has 0 bridgehead atoms. The van der Waals surface area contributed by atoms with Crippen LogP contribution in [0.15, 0.2) is 72.8 Å². The van der Waals surface area contributed by atoms with E-state index in [4.69, 9.17) is 22.4 Å². The molecule has 4 nitrogen and oxygen atoms in total. The summed E-state index contributed by atoms with van der Waals surface area (Å²) in [5.41, 5.74) is 5.91.